The van der Waals surface area contributed by atoms with Crippen LogP contribution in [0.4, 0.5) is 0 Å². The molecule has 0 heterocycles. The number of benzene rings is 4. The van der Waals surface area contributed by atoms with Crippen LogP contribution >= 0.6 is 0 Å². The van der Waals surface area contributed by atoms with E-state index in [1.807, 2.05) is 0 Å². The van der Waals surface area contributed by atoms with Crippen molar-refractivity contribution in [3.63, 3.8) is 0 Å². The molecule has 0 unspecified atom stereocenters. The second kappa shape index (κ2) is 6.93. The topological polar surface area (TPSA) is 109 Å². The van der Waals surface area contributed by atoms with E-state index in [-0.39, 0.29) is 9.79 Å². The molecule has 0 bridgehead atoms. The average Bonchev–Trinajstić information content (AvgIpc) is 2.66. The fourth-order valence-corrected chi connectivity index (χ4v) is 5.02. The molecule has 0 aromatic heterocycles. The van der Waals surface area contributed by atoms with Crippen molar-refractivity contribution < 1.29 is 25.9 Å². The largest absolute Gasteiger partial charge is 0.295 e. The first-order valence-electron chi connectivity index (χ1n) is 8.62. The number of fused-ring (bicyclic) bond motifs is 2. The Bertz CT molecular complexity index is 1360. The minimum Gasteiger partial charge on any atom is -0.282 e. The predicted octanol–water partition coefficient (Wildman–Crippen LogP) is 4.08. The third kappa shape index (κ3) is 3.63. The van der Waals surface area contributed by atoms with Crippen molar-refractivity contribution in [3.8, 4) is 0 Å². The van der Waals surface area contributed by atoms with Gasteiger partial charge in [0.15, 0.2) is 0 Å². The van der Waals surface area contributed by atoms with Crippen LogP contribution in [0.2, 0.25) is 0 Å². The van der Waals surface area contributed by atoms with Crippen LogP contribution in [0.15, 0.2) is 82.6 Å². The van der Waals surface area contributed by atoms with Crippen LogP contribution in [0.1, 0.15) is 11.1 Å². The van der Waals surface area contributed by atoms with Crippen LogP contribution in [-0.2, 0) is 26.7 Å². The minimum absolute atomic E-state index is 0.163. The smallest absolute Gasteiger partial charge is 0.282 e. The zero-order valence-corrected chi connectivity index (χ0v) is 16.6. The molecule has 0 aliphatic heterocycles. The van der Waals surface area contributed by atoms with E-state index in [9.17, 15) is 25.9 Å². The first kappa shape index (κ1) is 19.5. The Hall–Kier alpha value is -2.78. The van der Waals surface area contributed by atoms with Crippen LogP contribution in [-0.4, -0.2) is 25.9 Å². The van der Waals surface area contributed by atoms with Crippen molar-refractivity contribution in [2.24, 2.45) is 0 Å². The monoisotopic (exact) mass is 428 g/mol. The molecule has 0 amide bonds. The van der Waals surface area contributed by atoms with Gasteiger partial charge in [-0.05, 0) is 40.5 Å². The van der Waals surface area contributed by atoms with E-state index in [0.29, 0.717) is 28.0 Å². The second-order valence-electron chi connectivity index (χ2n) is 6.66. The highest BCUT2D eigenvalue weighted by molar-refractivity contribution is 7.86. The first-order chi connectivity index (χ1) is 13.7. The maximum atomic E-state index is 11.7. The molecule has 0 radical (unpaired) electrons. The van der Waals surface area contributed by atoms with E-state index in [1.54, 1.807) is 60.7 Å². The van der Waals surface area contributed by atoms with E-state index in [2.05, 4.69) is 0 Å². The summed E-state index contributed by atoms with van der Waals surface area (Å²) in [5.74, 6) is 0. The van der Waals surface area contributed by atoms with Gasteiger partial charge in [-0.15, -0.1) is 0 Å². The fourth-order valence-electron chi connectivity index (χ4n) is 3.63. The summed E-state index contributed by atoms with van der Waals surface area (Å²) in [6.45, 7) is 0. The SMILES string of the molecule is O=S(=O)(O)c1ccc(Cc2ccc(S(=O)(=O)O)c3ccccc23)c2ccccc12. The molecule has 0 saturated carbocycles. The first-order valence-corrected chi connectivity index (χ1v) is 11.5. The molecule has 0 saturated heterocycles. The van der Waals surface area contributed by atoms with Gasteiger partial charge in [0.2, 0.25) is 0 Å². The van der Waals surface area contributed by atoms with Crippen molar-refractivity contribution in [1.29, 1.82) is 0 Å². The van der Waals surface area contributed by atoms with Crippen molar-refractivity contribution in [3.05, 3.63) is 83.9 Å². The molecule has 0 spiro atoms. The van der Waals surface area contributed by atoms with Gasteiger partial charge >= 0.3 is 0 Å². The molecule has 4 rings (SSSR count). The number of hydrogen-bond acceptors (Lipinski definition) is 4. The van der Waals surface area contributed by atoms with Crippen molar-refractivity contribution >= 4 is 41.8 Å². The highest BCUT2D eigenvalue weighted by Crippen LogP contribution is 2.31. The maximum Gasteiger partial charge on any atom is 0.295 e. The lowest BCUT2D eigenvalue weighted by Gasteiger charge is -2.13. The molecule has 6 nitrogen and oxygen atoms in total. The van der Waals surface area contributed by atoms with Gasteiger partial charge in [0.25, 0.3) is 20.2 Å². The van der Waals surface area contributed by atoms with E-state index < -0.39 is 20.2 Å². The van der Waals surface area contributed by atoms with Crippen LogP contribution in [0, 0.1) is 0 Å². The van der Waals surface area contributed by atoms with Crippen LogP contribution in [0.3, 0.4) is 0 Å². The normalized spacial score (nSPS) is 12.5. The maximum absolute atomic E-state index is 11.7. The Balaban J connectivity index is 1.92. The lowest BCUT2D eigenvalue weighted by atomic mass is 9.95. The molecule has 8 heteroatoms. The van der Waals surface area contributed by atoms with Gasteiger partial charge in [-0.2, -0.15) is 16.8 Å². The third-order valence-corrected chi connectivity index (χ3v) is 6.71. The van der Waals surface area contributed by atoms with Crippen LogP contribution in [0.25, 0.3) is 21.5 Å². The van der Waals surface area contributed by atoms with E-state index in [1.165, 1.54) is 12.1 Å². The number of rotatable bonds is 4. The Morgan fingerprint density at radius 2 is 0.862 bits per heavy atom. The summed E-state index contributed by atoms with van der Waals surface area (Å²) in [5.41, 5.74) is 1.63. The Morgan fingerprint density at radius 3 is 1.21 bits per heavy atom. The third-order valence-electron chi connectivity index (χ3n) is 4.89. The Labute approximate surface area is 167 Å². The van der Waals surface area contributed by atoms with Gasteiger partial charge < -0.3 is 0 Å². The zero-order valence-electron chi connectivity index (χ0n) is 15.0. The van der Waals surface area contributed by atoms with Crippen molar-refractivity contribution in [2.75, 3.05) is 0 Å². The highest BCUT2D eigenvalue weighted by atomic mass is 32.2. The molecule has 0 fully saturated rings. The molecule has 4 aromatic rings. The van der Waals surface area contributed by atoms with Gasteiger partial charge in [-0.25, -0.2) is 0 Å². The predicted molar refractivity (Wildman–Crippen MR) is 110 cm³/mol. The van der Waals surface area contributed by atoms with E-state index >= 15 is 0 Å². The molecule has 4 aromatic carbocycles. The van der Waals surface area contributed by atoms with Gasteiger partial charge in [0.05, 0.1) is 0 Å². The molecule has 0 aliphatic rings. The van der Waals surface area contributed by atoms with Crippen molar-refractivity contribution in [2.45, 2.75) is 16.2 Å². The van der Waals surface area contributed by atoms with Crippen molar-refractivity contribution in [1.82, 2.24) is 0 Å². The summed E-state index contributed by atoms with van der Waals surface area (Å²) in [7, 11) is -8.74. The molecule has 29 heavy (non-hydrogen) atoms. The molecular formula is C21H16O6S2. The standard InChI is InChI=1S/C21H16O6S2/c22-28(23,24)20-11-9-14(16-5-1-3-7-18(16)20)13-15-10-12-21(29(25,26)27)19-8-4-2-6-17(15)19/h1-12H,13H2,(H,22,23,24)(H,25,26,27). The molecule has 148 valence electrons. The van der Waals surface area contributed by atoms with Gasteiger partial charge in [0.1, 0.15) is 9.79 Å². The molecule has 0 atom stereocenters. The summed E-state index contributed by atoms with van der Waals surface area (Å²) in [4.78, 5) is -0.327. The molecule has 2 N–H and O–H groups in total. The lowest BCUT2D eigenvalue weighted by molar-refractivity contribution is 0.482. The Kier molecular flexibility index (Phi) is 4.66. The number of hydrogen-bond donors (Lipinski definition) is 2. The summed E-state index contributed by atoms with van der Waals surface area (Å²) in [6, 6.07) is 19.7. The molecule has 0 aliphatic carbocycles. The van der Waals surface area contributed by atoms with Crippen LogP contribution in [0.5, 0.6) is 0 Å². The molecular weight excluding hydrogens is 412 g/mol. The second-order valence-corrected chi connectivity index (χ2v) is 9.44. The quantitative estimate of drug-likeness (QED) is 0.474. The summed E-state index contributed by atoms with van der Waals surface area (Å²) < 4.78 is 65.8. The van der Waals surface area contributed by atoms with Gasteiger partial charge in [-0.1, -0.05) is 60.7 Å². The summed E-state index contributed by atoms with van der Waals surface area (Å²) >= 11 is 0. The minimum atomic E-state index is -4.37. The summed E-state index contributed by atoms with van der Waals surface area (Å²) in [5, 5.41) is 2.16. The van der Waals surface area contributed by atoms with Gasteiger partial charge in [-0.3, -0.25) is 9.11 Å². The van der Waals surface area contributed by atoms with Gasteiger partial charge in [0, 0.05) is 10.8 Å². The zero-order chi connectivity index (χ0) is 20.8. The summed E-state index contributed by atoms with van der Waals surface area (Å²) in [6.07, 6.45) is 0.401. The average molecular weight is 428 g/mol. The Morgan fingerprint density at radius 1 is 0.517 bits per heavy atom. The lowest BCUT2D eigenvalue weighted by Crippen LogP contribution is -2.02. The highest BCUT2D eigenvalue weighted by Gasteiger charge is 2.18. The van der Waals surface area contributed by atoms with E-state index in [0.717, 1.165) is 11.1 Å². The van der Waals surface area contributed by atoms with Crippen LogP contribution < -0.4 is 0 Å². The fraction of sp³-hybridized carbons (Fsp3) is 0.0476. The van der Waals surface area contributed by atoms with E-state index in [4.69, 9.17) is 0 Å².